The minimum atomic E-state index is -0.239. The summed E-state index contributed by atoms with van der Waals surface area (Å²) < 4.78 is 15.6. The maximum atomic E-state index is 13.5. The number of nitrogens with one attached hydrogen (secondary N) is 1. The number of halogens is 1. The number of hydrogen-bond donors (Lipinski definition) is 1. The molecule has 152 valence electrons. The number of rotatable bonds is 9. The normalized spacial score (nSPS) is 10.7. The van der Waals surface area contributed by atoms with Crippen molar-refractivity contribution in [2.45, 2.75) is 39.4 Å². The molecule has 0 aliphatic rings. The number of benzene rings is 2. The van der Waals surface area contributed by atoms with Crippen LogP contribution in [-0.2, 0) is 19.6 Å². The Balaban J connectivity index is 1.75. The lowest BCUT2D eigenvalue weighted by Gasteiger charge is -2.24. The fourth-order valence-corrected chi connectivity index (χ4v) is 3.26. The van der Waals surface area contributed by atoms with Gasteiger partial charge in [-0.1, -0.05) is 55.8 Å². The molecule has 1 N–H and O–H groups in total. The highest BCUT2D eigenvalue weighted by Crippen LogP contribution is 2.14. The highest BCUT2D eigenvalue weighted by molar-refractivity contribution is 5.74. The zero-order chi connectivity index (χ0) is 20.5. The molecule has 29 heavy (non-hydrogen) atoms. The van der Waals surface area contributed by atoms with Crippen molar-refractivity contribution in [3.05, 3.63) is 95.6 Å². The first-order valence-electron chi connectivity index (χ1n) is 10.1. The minimum absolute atomic E-state index is 0.0687. The Labute approximate surface area is 172 Å². The lowest BCUT2D eigenvalue weighted by molar-refractivity contribution is 0.191. The molecule has 0 aliphatic heterocycles. The summed E-state index contributed by atoms with van der Waals surface area (Å²) in [5, 5.41) is 3.02. The van der Waals surface area contributed by atoms with E-state index in [1.165, 1.54) is 6.07 Å². The van der Waals surface area contributed by atoms with Gasteiger partial charge in [-0.15, -0.1) is 0 Å². The van der Waals surface area contributed by atoms with E-state index >= 15 is 0 Å². The van der Waals surface area contributed by atoms with Crippen LogP contribution in [0.25, 0.3) is 0 Å². The van der Waals surface area contributed by atoms with Crippen molar-refractivity contribution in [3.63, 3.8) is 0 Å². The van der Waals surface area contributed by atoms with Gasteiger partial charge in [0, 0.05) is 31.5 Å². The quantitative estimate of drug-likeness (QED) is 0.499. The van der Waals surface area contributed by atoms with Gasteiger partial charge in [-0.3, -0.25) is 0 Å². The predicted octanol–water partition coefficient (Wildman–Crippen LogP) is 5.19. The van der Waals surface area contributed by atoms with Gasteiger partial charge in [0.05, 0.1) is 6.54 Å². The second kappa shape index (κ2) is 10.5. The molecular weight excluding hydrogens is 365 g/mol. The van der Waals surface area contributed by atoms with Gasteiger partial charge in [0.15, 0.2) is 0 Å². The molecule has 0 radical (unpaired) electrons. The molecule has 0 aliphatic carbocycles. The van der Waals surface area contributed by atoms with E-state index in [-0.39, 0.29) is 11.8 Å². The third kappa shape index (κ3) is 6.21. The molecule has 1 aromatic heterocycles. The Morgan fingerprint density at radius 2 is 1.79 bits per heavy atom. The van der Waals surface area contributed by atoms with E-state index in [0.29, 0.717) is 26.2 Å². The van der Waals surface area contributed by atoms with E-state index in [1.807, 2.05) is 59.6 Å². The first-order chi connectivity index (χ1) is 14.2. The molecule has 2 aromatic carbocycles. The maximum Gasteiger partial charge on any atom is 0.318 e. The molecule has 4 nitrogen and oxygen atoms in total. The zero-order valence-electron chi connectivity index (χ0n) is 16.9. The molecule has 0 saturated carbocycles. The van der Waals surface area contributed by atoms with Crippen LogP contribution >= 0.6 is 0 Å². The van der Waals surface area contributed by atoms with Crippen LogP contribution in [0.1, 0.15) is 36.6 Å². The smallest absolute Gasteiger partial charge is 0.318 e. The summed E-state index contributed by atoms with van der Waals surface area (Å²) >= 11 is 0. The predicted molar refractivity (Wildman–Crippen MR) is 114 cm³/mol. The van der Waals surface area contributed by atoms with E-state index in [0.717, 1.165) is 29.7 Å². The molecule has 0 spiro atoms. The number of nitrogens with zero attached hydrogens (tertiary/aromatic N) is 2. The average Bonchev–Trinajstić information content (AvgIpc) is 3.15. The Kier molecular flexibility index (Phi) is 7.45. The summed E-state index contributed by atoms with van der Waals surface area (Å²) in [4.78, 5) is 14.6. The van der Waals surface area contributed by atoms with Crippen molar-refractivity contribution in [1.82, 2.24) is 14.8 Å². The van der Waals surface area contributed by atoms with Gasteiger partial charge in [-0.05, 0) is 41.8 Å². The van der Waals surface area contributed by atoms with Crippen molar-refractivity contribution >= 4 is 6.03 Å². The third-order valence-corrected chi connectivity index (χ3v) is 4.83. The van der Waals surface area contributed by atoms with Gasteiger partial charge in [0.1, 0.15) is 5.82 Å². The molecule has 3 rings (SSSR count). The Morgan fingerprint density at radius 1 is 1.00 bits per heavy atom. The van der Waals surface area contributed by atoms with E-state index in [9.17, 15) is 9.18 Å². The number of unbranched alkanes of at least 4 members (excludes halogenated alkanes) is 1. The van der Waals surface area contributed by atoms with Crippen LogP contribution in [0.3, 0.4) is 0 Å². The van der Waals surface area contributed by atoms with Crippen molar-refractivity contribution < 1.29 is 9.18 Å². The summed E-state index contributed by atoms with van der Waals surface area (Å²) in [6, 6.07) is 20.5. The summed E-state index contributed by atoms with van der Waals surface area (Å²) in [5.74, 6) is -0.239. The van der Waals surface area contributed by atoms with Crippen LogP contribution in [0.2, 0.25) is 0 Å². The number of urea groups is 1. The topological polar surface area (TPSA) is 37.3 Å². The van der Waals surface area contributed by atoms with E-state index in [4.69, 9.17) is 0 Å². The molecule has 0 fully saturated rings. The van der Waals surface area contributed by atoms with Crippen molar-refractivity contribution in [2.24, 2.45) is 0 Å². The van der Waals surface area contributed by atoms with Gasteiger partial charge in [-0.25, -0.2) is 9.18 Å². The van der Waals surface area contributed by atoms with Crippen molar-refractivity contribution in [2.75, 3.05) is 6.54 Å². The van der Waals surface area contributed by atoms with Crippen molar-refractivity contribution in [1.29, 1.82) is 0 Å². The molecule has 0 unspecified atom stereocenters. The molecule has 3 aromatic rings. The number of carbonyl (C=O) groups is 1. The minimum Gasteiger partial charge on any atom is -0.345 e. The largest absolute Gasteiger partial charge is 0.345 e. The van der Waals surface area contributed by atoms with Crippen LogP contribution in [0.5, 0.6) is 0 Å². The van der Waals surface area contributed by atoms with Gasteiger partial charge in [0.2, 0.25) is 0 Å². The van der Waals surface area contributed by atoms with E-state index in [1.54, 1.807) is 12.1 Å². The summed E-state index contributed by atoms with van der Waals surface area (Å²) in [7, 11) is 0. The molecule has 0 saturated heterocycles. The van der Waals surface area contributed by atoms with E-state index < -0.39 is 0 Å². The fraction of sp³-hybridized carbons (Fsp3) is 0.292. The van der Waals surface area contributed by atoms with Gasteiger partial charge in [0.25, 0.3) is 0 Å². The van der Waals surface area contributed by atoms with Gasteiger partial charge < -0.3 is 14.8 Å². The number of amides is 2. The molecule has 5 heteroatoms. The van der Waals surface area contributed by atoms with Gasteiger partial charge in [-0.2, -0.15) is 0 Å². The molecule has 0 atom stereocenters. The van der Waals surface area contributed by atoms with Crippen LogP contribution in [0.15, 0.2) is 72.9 Å². The molecule has 1 heterocycles. The second-order valence-corrected chi connectivity index (χ2v) is 7.18. The Hall–Kier alpha value is -3.08. The highest BCUT2D eigenvalue weighted by atomic mass is 19.1. The molecular formula is C24H28FN3O. The number of aromatic nitrogens is 1. The third-order valence-electron chi connectivity index (χ3n) is 4.83. The fourth-order valence-electron chi connectivity index (χ4n) is 3.26. The lowest BCUT2D eigenvalue weighted by atomic mass is 10.2. The molecule has 2 amide bonds. The highest BCUT2D eigenvalue weighted by Gasteiger charge is 2.16. The summed E-state index contributed by atoms with van der Waals surface area (Å²) in [6.07, 6.45) is 3.96. The Morgan fingerprint density at radius 3 is 2.55 bits per heavy atom. The zero-order valence-corrected chi connectivity index (χ0v) is 16.9. The van der Waals surface area contributed by atoms with Crippen LogP contribution in [0.4, 0.5) is 9.18 Å². The van der Waals surface area contributed by atoms with Crippen LogP contribution in [-0.4, -0.2) is 22.0 Å². The van der Waals surface area contributed by atoms with Crippen LogP contribution < -0.4 is 5.32 Å². The summed E-state index contributed by atoms with van der Waals surface area (Å²) in [6.45, 7) is 4.36. The van der Waals surface area contributed by atoms with Gasteiger partial charge >= 0.3 is 6.03 Å². The van der Waals surface area contributed by atoms with Crippen molar-refractivity contribution in [3.8, 4) is 0 Å². The molecule has 0 bridgehead atoms. The number of carbonyl (C=O) groups excluding carboxylic acids is 1. The second-order valence-electron chi connectivity index (χ2n) is 7.18. The Bertz CT molecular complexity index is 907. The van der Waals surface area contributed by atoms with Crippen LogP contribution in [0, 0.1) is 5.82 Å². The first-order valence-corrected chi connectivity index (χ1v) is 10.1. The lowest BCUT2D eigenvalue weighted by Crippen LogP contribution is -2.39. The monoisotopic (exact) mass is 393 g/mol. The summed E-state index contributed by atoms with van der Waals surface area (Å²) in [5.41, 5.74) is 2.99. The SMILES string of the molecule is CCCCNC(=O)N(Cc1ccccc1)Cc1cccn1Cc1cccc(F)c1. The van der Waals surface area contributed by atoms with E-state index in [2.05, 4.69) is 16.8 Å². The standard InChI is InChI=1S/C24H28FN3O/c1-2-3-14-26-24(29)28(17-20-9-5-4-6-10-20)19-23-13-8-15-27(23)18-21-11-7-12-22(25)16-21/h4-13,15-16H,2-3,14,17-19H2,1H3,(H,26,29). The number of hydrogen-bond acceptors (Lipinski definition) is 1. The average molecular weight is 394 g/mol. The first kappa shape index (κ1) is 20.6. The maximum absolute atomic E-state index is 13.5.